The summed E-state index contributed by atoms with van der Waals surface area (Å²) < 4.78 is 5.65. The van der Waals surface area contributed by atoms with Gasteiger partial charge in [-0.05, 0) is 19.1 Å². The number of carboxylic acid groups (broad SMARTS) is 1. The average molecular weight is 304 g/mol. The molecule has 0 bridgehead atoms. The summed E-state index contributed by atoms with van der Waals surface area (Å²) in [5.74, 6) is -0.312. The number of nitrogens with zero attached hydrogens (tertiary/aromatic N) is 2. The first kappa shape index (κ1) is 15.9. The number of ether oxygens (including phenoxy) is 1. The summed E-state index contributed by atoms with van der Waals surface area (Å²) >= 11 is 0. The second-order valence-corrected chi connectivity index (χ2v) is 5.19. The van der Waals surface area contributed by atoms with Crippen molar-refractivity contribution in [2.24, 2.45) is 0 Å². The van der Waals surface area contributed by atoms with Gasteiger partial charge in [0.2, 0.25) is 0 Å². The molecule has 0 radical (unpaired) electrons. The van der Waals surface area contributed by atoms with Crippen molar-refractivity contribution >= 4 is 23.3 Å². The molecule has 1 aliphatic rings. The smallest absolute Gasteiger partial charge is 0.305 e. The van der Waals surface area contributed by atoms with Crippen LogP contribution in [-0.4, -0.2) is 43.2 Å². The molecule has 1 N–H and O–H groups in total. The lowest BCUT2D eigenvalue weighted by Gasteiger charge is -2.32. The van der Waals surface area contributed by atoms with Gasteiger partial charge in [0.25, 0.3) is 5.91 Å². The summed E-state index contributed by atoms with van der Waals surface area (Å²) in [6.07, 6.45) is 1.24. The van der Waals surface area contributed by atoms with E-state index in [1.165, 1.54) is 0 Å². The van der Waals surface area contributed by atoms with Gasteiger partial charge in [-0.3, -0.25) is 9.59 Å². The molecule has 1 unspecified atom stereocenters. The highest BCUT2D eigenvalue weighted by Gasteiger charge is 2.29. The van der Waals surface area contributed by atoms with Gasteiger partial charge < -0.3 is 19.6 Å². The first-order valence-electron chi connectivity index (χ1n) is 7.10. The predicted octanol–water partition coefficient (Wildman–Crippen LogP) is 1.90. The van der Waals surface area contributed by atoms with Crippen LogP contribution in [0.3, 0.4) is 0 Å². The van der Waals surface area contributed by atoms with Crippen molar-refractivity contribution < 1.29 is 19.4 Å². The van der Waals surface area contributed by atoms with E-state index in [1.54, 1.807) is 24.9 Å². The molecule has 1 atom stereocenters. The molecule has 22 heavy (non-hydrogen) atoms. The van der Waals surface area contributed by atoms with Gasteiger partial charge in [0.1, 0.15) is 5.75 Å². The van der Waals surface area contributed by atoms with Crippen molar-refractivity contribution in [2.75, 3.05) is 29.9 Å². The van der Waals surface area contributed by atoms with E-state index in [9.17, 15) is 9.59 Å². The molecule has 1 aliphatic heterocycles. The highest BCUT2D eigenvalue weighted by molar-refractivity contribution is 5.99. The maximum atomic E-state index is 11.9. The zero-order chi connectivity index (χ0) is 16.3. The van der Waals surface area contributed by atoms with Crippen LogP contribution < -0.4 is 14.5 Å². The quantitative estimate of drug-likeness (QED) is 0.813. The van der Waals surface area contributed by atoms with E-state index >= 15 is 0 Å². The van der Waals surface area contributed by atoms with Crippen LogP contribution in [0.4, 0.5) is 11.4 Å². The van der Waals surface area contributed by atoms with E-state index in [-0.39, 0.29) is 12.3 Å². The van der Waals surface area contributed by atoms with Gasteiger partial charge >= 0.3 is 5.97 Å². The molecule has 0 saturated heterocycles. The van der Waals surface area contributed by atoms with E-state index in [1.807, 2.05) is 23.1 Å². The Labute approximate surface area is 129 Å². The van der Waals surface area contributed by atoms with E-state index in [0.29, 0.717) is 24.5 Å². The van der Waals surface area contributed by atoms with E-state index in [2.05, 4.69) is 6.58 Å². The van der Waals surface area contributed by atoms with Crippen LogP contribution in [0, 0.1) is 0 Å². The Morgan fingerprint density at radius 1 is 1.55 bits per heavy atom. The number of benzene rings is 1. The predicted molar refractivity (Wildman–Crippen MR) is 84.6 cm³/mol. The number of anilines is 2. The highest BCUT2D eigenvalue weighted by atomic mass is 16.5. The zero-order valence-corrected chi connectivity index (χ0v) is 12.8. The molecule has 1 aromatic rings. The van der Waals surface area contributed by atoms with Crippen molar-refractivity contribution in [2.45, 2.75) is 19.4 Å². The van der Waals surface area contributed by atoms with Crippen LogP contribution in [0.25, 0.3) is 0 Å². The van der Waals surface area contributed by atoms with Crippen molar-refractivity contribution in [3.63, 3.8) is 0 Å². The molecular formula is C16H20N2O4. The minimum atomic E-state index is -0.845. The first-order valence-corrected chi connectivity index (χ1v) is 7.10. The number of carbonyl (C=O) groups excluding carboxylic acids is 1. The van der Waals surface area contributed by atoms with Crippen molar-refractivity contribution in [3.05, 3.63) is 30.9 Å². The zero-order valence-electron chi connectivity index (χ0n) is 12.8. The van der Waals surface area contributed by atoms with Gasteiger partial charge in [-0.1, -0.05) is 6.08 Å². The Morgan fingerprint density at radius 2 is 2.27 bits per heavy atom. The number of hydrogen-bond donors (Lipinski definition) is 1. The molecule has 0 saturated carbocycles. The van der Waals surface area contributed by atoms with Gasteiger partial charge in [0.05, 0.1) is 12.1 Å². The molecule has 118 valence electrons. The topological polar surface area (TPSA) is 70.1 Å². The van der Waals surface area contributed by atoms with Crippen LogP contribution in [0.2, 0.25) is 0 Å². The number of aliphatic carboxylic acids is 1. The minimum Gasteiger partial charge on any atom is -0.481 e. The van der Waals surface area contributed by atoms with Crippen LogP contribution in [0.1, 0.15) is 13.3 Å². The van der Waals surface area contributed by atoms with E-state index < -0.39 is 12.1 Å². The Bertz CT molecular complexity index is 600. The monoisotopic (exact) mass is 304 g/mol. The maximum absolute atomic E-state index is 11.9. The van der Waals surface area contributed by atoms with Gasteiger partial charge in [0.15, 0.2) is 6.10 Å². The summed E-state index contributed by atoms with van der Waals surface area (Å²) in [4.78, 5) is 26.2. The summed E-state index contributed by atoms with van der Waals surface area (Å²) in [5.41, 5.74) is 1.55. The molecular weight excluding hydrogens is 284 g/mol. The van der Waals surface area contributed by atoms with Crippen molar-refractivity contribution in [1.82, 2.24) is 0 Å². The molecule has 0 aromatic heterocycles. The number of likely N-dealkylation sites (N-methyl/N-ethyl adjacent to an activating group) is 1. The molecule has 6 nitrogen and oxygen atoms in total. The molecule has 0 aliphatic carbocycles. The number of carboxylic acids is 1. The molecule has 6 heteroatoms. The number of rotatable bonds is 6. The Balaban J connectivity index is 2.28. The third-order valence-electron chi connectivity index (χ3n) is 3.60. The van der Waals surface area contributed by atoms with Gasteiger partial charge in [-0.25, -0.2) is 0 Å². The van der Waals surface area contributed by atoms with E-state index in [0.717, 1.165) is 5.69 Å². The summed E-state index contributed by atoms with van der Waals surface area (Å²) in [7, 11) is 1.71. The first-order chi connectivity index (χ1) is 10.4. The van der Waals surface area contributed by atoms with Crippen LogP contribution in [0.15, 0.2) is 30.9 Å². The van der Waals surface area contributed by atoms with Gasteiger partial charge in [-0.2, -0.15) is 0 Å². The molecule has 2 rings (SSSR count). The number of carbonyl (C=O) groups is 2. The summed E-state index contributed by atoms with van der Waals surface area (Å²) in [6.45, 7) is 6.33. The average Bonchev–Trinajstić information content (AvgIpc) is 2.48. The number of fused-ring (bicyclic) bond motifs is 1. The van der Waals surface area contributed by atoms with Gasteiger partial charge in [-0.15, -0.1) is 6.58 Å². The molecule has 1 amide bonds. The Morgan fingerprint density at radius 3 is 2.91 bits per heavy atom. The normalized spacial score (nSPS) is 16.7. The fourth-order valence-corrected chi connectivity index (χ4v) is 2.42. The third kappa shape index (κ3) is 3.21. The summed E-state index contributed by atoms with van der Waals surface area (Å²) in [5, 5.41) is 8.85. The minimum absolute atomic E-state index is 0.0422. The fraction of sp³-hybridized carbons (Fsp3) is 0.375. The number of amides is 1. The second-order valence-electron chi connectivity index (χ2n) is 5.19. The SMILES string of the molecule is C=CCN(CCC(=O)O)c1ccc2c(c1)OC(C)C(=O)N2C. The molecule has 0 spiro atoms. The fourth-order valence-electron chi connectivity index (χ4n) is 2.42. The largest absolute Gasteiger partial charge is 0.481 e. The van der Waals surface area contributed by atoms with Crippen molar-refractivity contribution in [3.8, 4) is 5.75 Å². The van der Waals surface area contributed by atoms with Crippen molar-refractivity contribution in [1.29, 1.82) is 0 Å². The lowest BCUT2D eigenvalue weighted by Crippen LogP contribution is -2.42. The third-order valence-corrected chi connectivity index (χ3v) is 3.60. The van der Waals surface area contributed by atoms with Gasteiger partial charge in [0, 0.05) is 31.9 Å². The molecule has 1 aromatic carbocycles. The lowest BCUT2D eigenvalue weighted by molar-refractivity contribution is -0.136. The highest BCUT2D eigenvalue weighted by Crippen LogP contribution is 2.36. The van der Waals surface area contributed by atoms with Crippen LogP contribution in [-0.2, 0) is 9.59 Å². The maximum Gasteiger partial charge on any atom is 0.305 e. The van der Waals surface area contributed by atoms with Crippen LogP contribution in [0.5, 0.6) is 5.75 Å². The molecule has 1 heterocycles. The standard InChI is InChI=1S/C16H20N2O4/c1-4-8-18(9-7-15(19)20)12-5-6-13-14(10-12)22-11(2)16(21)17(13)3/h4-6,10-11H,1,7-9H2,2-3H3,(H,19,20). The number of hydrogen-bond acceptors (Lipinski definition) is 4. The summed E-state index contributed by atoms with van der Waals surface area (Å²) in [6, 6.07) is 5.50. The Kier molecular flexibility index (Phi) is 4.70. The molecule has 0 fully saturated rings. The Hall–Kier alpha value is -2.50. The lowest BCUT2D eigenvalue weighted by atomic mass is 10.1. The van der Waals surface area contributed by atoms with E-state index in [4.69, 9.17) is 9.84 Å². The second kappa shape index (κ2) is 6.51. The van der Waals surface area contributed by atoms with Crippen LogP contribution >= 0.6 is 0 Å².